The van der Waals surface area contributed by atoms with Crippen molar-refractivity contribution >= 4 is 51.4 Å². The molecule has 0 aliphatic heterocycles. The van der Waals surface area contributed by atoms with Crippen LogP contribution < -0.4 is 0 Å². The molecule has 0 amide bonds. The van der Waals surface area contributed by atoms with E-state index >= 15 is 0 Å². The number of rotatable bonds is 0. The van der Waals surface area contributed by atoms with Gasteiger partial charge in [-0.3, -0.25) is 5.26 Å². The van der Waals surface area contributed by atoms with E-state index in [4.69, 9.17) is 5.26 Å². The van der Waals surface area contributed by atoms with E-state index in [0.717, 1.165) is 0 Å². The van der Waals surface area contributed by atoms with Crippen molar-refractivity contribution in [2.75, 3.05) is 0 Å². The van der Waals surface area contributed by atoms with Gasteiger partial charge in [-0.25, -0.2) is 4.89 Å². The molecular formula is C4H10KO2. The fourth-order valence-electron chi connectivity index (χ4n) is 0. The van der Waals surface area contributed by atoms with Crippen LogP contribution in [0.2, 0.25) is 0 Å². The van der Waals surface area contributed by atoms with Gasteiger partial charge in [0, 0.05) is 51.4 Å². The van der Waals surface area contributed by atoms with Gasteiger partial charge in [-0.05, 0) is 20.8 Å². The van der Waals surface area contributed by atoms with Crippen molar-refractivity contribution in [2.24, 2.45) is 0 Å². The Morgan fingerprint density at radius 1 is 1.29 bits per heavy atom. The van der Waals surface area contributed by atoms with Crippen molar-refractivity contribution < 1.29 is 10.1 Å². The average Bonchev–Trinajstić information content (AvgIpc) is 1.35. The molecule has 0 unspecified atom stereocenters. The third-order valence-electron chi connectivity index (χ3n) is 0.274. The summed E-state index contributed by atoms with van der Waals surface area (Å²) in [4.78, 5) is 3.94. The predicted octanol–water partition coefficient (Wildman–Crippen LogP) is 0.894. The van der Waals surface area contributed by atoms with Gasteiger partial charge >= 0.3 is 0 Å². The first kappa shape index (κ1) is 11.4. The molecule has 0 aromatic rings. The fraction of sp³-hybridized carbons (Fsp3) is 1.00. The first-order chi connectivity index (χ1) is 2.56. The monoisotopic (exact) mass is 129 g/mol. The second kappa shape index (κ2) is 4.44. The smallest absolute Gasteiger partial charge is 0.0949 e. The molecule has 1 radical (unpaired) electrons. The molecule has 0 saturated carbocycles. The molecule has 0 rings (SSSR count). The zero-order valence-corrected chi connectivity index (χ0v) is 8.48. The van der Waals surface area contributed by atoms with Crippen LogP contribution in [-0.4, -0.2) is 62.2 Å². The van der Waals surface area contributed by atoms with Crippen molar-refractivity contribution in [3.63, 3.8) is 0 Å². The van der Waals surface area contributed by atoms with Gasteiger partial charge < -0.3 is 0 Å². The zero-order chi connectivity index (χ0) is 5.21. The average molecular weight is 129 g/mol. The van der Waals surface area contributed by atoms with E-state index in [2.05, 4.69) is 4.89 Å². The van der Waals surface area contributed by atoms with Gasteiger partial charge in [-0.2, -0.15) is 0 Å². The quantitative estimate of drug-likeness (QED) is 0.299. The van der Waals surface area contributed by atoms with Crippen LogP contribution in [0.15, 0.2) is 0 Å². The molecule has 0 heterocycles. The number of hydrogen-bond acceptors (Lipinski definition) is 2. The summed E-state index contributed by atoms with van der Waals surface area (Å²) in [5.41, 5.74) is -0.403. The molecule has 7 heavy (non-hydrogen) atoms. The molecule has 0 bridgehead atoms. The second-order valence-corrected chi connectivity index (χ2v) is 2.20. The van der Waals surface area contributed by atoms with Gasteiger partial charge in [-0.15, -0.1) is 0 Å². The summed E-state index contributed by atoms with van der Waals surface area (Å²) >= 11 is 0. The third kappa shape index (κ3) is 11.2. The normalized spacial score (nSPS) is 10.3. The van der Waals surface area contributed by atoms with Crippen LogP contribution in [0.5, 0.6) is 0 Å². The molecular weight excluding hydrogens is 119 g/mol. The van der Waals surface area contributed by atoms with Crippen LogP contribution in [0.25, 0.3) is 0 Å². The molecule has 0 aromatic carbocycles. The summed E-state index contributed by atoms with van der Waals surface area (Å²) in [5, 5.41) is 7.90. The molecule has 0 atom stereocenters. The summed E-state index contributed by atoms with van der Waals surface area (Å²) in [6.45, 7) is 5.31. The van der Waals surface area contributed by atoms with Crippen molar-refractivity contribution in [2.45, 2.75) is 26.4 Å². The maximum Gasteiger partial charge on any atom is 0.0949 e. The Kier molecular flexibility index (Phi) is 7.20. The van der Waals surface area contributed by atoms with E-state index < -0.39 is 5.60 Å². The molecule has 3 heteroatoms. The molecule has 0 aliphatic carbocycles. The first-order valence-corrected chi connectivity index (χ1v) is 1.89. The maximum absolute atomic E-state index is 7.90. The Hall–Kier alpha value is 1.56. The minimum Gasteiger partial charge on any atom is -0.251 e. The van der Waals surface area contributed by atoms with Crippen molar-refractivity contribution in [1.82, 2.24) is 0 Å². The summed E-state index contributed by atoms with van der Waals surface area (Å²) in [5.74, 6) is 0. The van der Waals surface area contributed by atoms with Crippen LogP contribution in [-0.2, 0) is 4.89 Å². The van der Waals surface area contributed by atoms with Crippen LogP contribution in [0.1, 0.15) is 20.8 Å². The zero-order valence-electron chi connectivity index (χ0n) is 5.36. The first-order valence-electron chi connectivity index (χ1n) is 1.89. The van der Waals surface area contributed by atoms with Crippen LogP contribution in [0, 0.1) is 0 Å². The Morgan fingerprint density at radius 2 is 1.43 bits per heavy atom. The summed E-state index contributed by atoms with van der Waals surface area (Å²) in [6.07, 6.45) is 0. The molecule has 0 aliphatic rings. The van der Waals surface area contributed by atoms with Crippen molar-refractivity contribution in [3.05, 3.63) is 0 Å². The van der Waals surface area contributed by atoms with Gasteiger partial charge in [0.15, 0.2) is 0 Å². The van der Waals surface area contributed by atoms with Gasteiger partial charge in [0.1, 0.15) is 0 Å². The van der Waals surface area contributed by atoms with E-state index in [1.54, 1.807) is 20.8 Å². The van der Waals surface area contributed by atoms with Crippen LogP contribution in [0.4, 0.5) is 0 Å². The van der Waals surface area contributed by atoms with Crippen molar-refractivity contribution in [1.29, 1.82) is 0 Å². The third-order valence-corrected chi connectivity index (χ3v) is 0.274. The molecule has 0 fully saturated rings. The van der Waals surface area contributed by atoms with Gasteiger partial charge in [0.2, 0.25) is 0 Å². The van der Waals surface area contributed by atoms with E-state index in [-0.39, 0.29) is 51.4 Å². The maximum atomic E-state index is 7.90. The van der Waals surface area contributed by atoms with E-state index in [9.17, 15) is 0 Å². The number of hydrogen-bond donors (Lipinski definition) is 1. The minimum absolute atomic E-state index is 0. The molecule has 0 aromatic heterocycles. The van der Waals surface area contributed by atoms with Crippen LogP contribution >= 0.6 is 0 Å². The summed E-state index contributed by atoms with van der Waals surface area (Å²) < 4.78 is 0. The van der Waals surface area contributed by atoms with Gasteiger partial charge in [0.05, 0.1) is 5.60 Å². The molecule has 0 spiro atoms. The van der Waals surface area contributed by atoms with E-state index in [0.29, 0.717) is 0 Å². The summed E-state index contributed by atoms with van der Waals surface area (Å²) in [6, 6.07) is 0. The standard InChI is InChI=1S/C4H10O2.K/c1-4(2,3)6-5;/h5H,1-3H3;. The molecule has 1 N–H and O–H groups in total. The SMILES string of the molecule is CC(C)(C)OO.[K]. The van der Waals surface area contributed by atoms with Crippen molar-refractivity contribution in [3.8, 4) is 0 Å². The topological polar surface area (TPSA) is 29.5 Å². The van der Waals surface area contributed by atoms with Gasteiger partial charge in [0.25, 0.3) is 0 Å². The molecule has 0 saturated heterocycles. The Morgan fingerprint density at radius 3 is 1.43 bits per heavy atom. The second-order valence-electron chi connectivity index (χ2n) is 2.20. The minimum atomic E-state index is -0.403. The largest absolute Gasteiger partial charge is 0.251 e. The van der Waals surface area contributed by atoms with E-state index in [1.807, 2.05) is 0 Å². The predicted molar refractivity (Wildman–Crippen MR) is 29.2 cm³/mol. The van der Waals surface area contributed by atoms with Gasteiger partial charge in [-0.1, -0.05) is 0 Å². The van der Waals surface area contributed by atoms with E-state index in [1.165, 1.54) is 0 Å². The Balaban J connectivity index is 0. The Bertz CT molecular complexity index is 39.4. The molecule has 39 valence electrons. The fourth-order valence-corrected chi connectivity index (χ4v) is 0. The van der Waals surface area contributed by atoms with Crippen LogP contribution in [0.3, 0.4) is 0 Å². The molecule has 2 nitrogen and oxygen atoms in total. The summed E-state index contributed by atoms with van der Waals surface area (Å²) in [7, 11) is 0. The Labute approximate surface area is 86.6 Å².